The van der Waals surface area contributed by atoms with Gasteiger partial charge in [-0.05, 0) is 54.7 Å². The molecule has 0 aliphatic carbocycles. The number of rotatable bonds is 1. The third-order valence-corrected chi connectivity index (χ3v) is 4.26. The molecule has 0 saturated carbocycles. The van der Waals surface area contributed by atoms with E-state index in [1.165, 1.54) is 38.8 Å². The highest BCUT2D eigenvalue weighted by atomic mass is 15.0. The number of H-pyrrole nitrogens is 1. The maximum Gasteiger partial charge on any atom is 0.0576 e. The molecule has 0 fully saturated rings. The Labute approximate surface area is 118 Å². The first-order chi connectivity index (χ1) is 9.70. The summed E-state index contributed by atoms with van der Waals surface area (Å²) in [5.41, 5.74) is 7.91. The summed E-state index contributed by atoms with van der Waals surface area (Å²) in [6, 6.07) is 13.7. The van der Waals surface area contributed by atoms with Crippen molar-refractivity contribution in [2.45, 2.75) is 26.3 Å². The molecule has 100 valence electrons. The monoisotopic (exact) mass is 262 g/mol. The molecule has 0 saturated heterocycles. The third kappa shape index (κ3) is 1.72. The molecular formula is C18H18N2. The summed E-state index contributed by atoms with van der Waals surface area (Å²) >= 11 is 0. The second-order valence-corrected chi connectivity index (χ2v) is 5.85. The van der Waals surface area contributed by atoms with Crippen molar-refractivity contribution < 1.29 is 0 Å². The fourth-order valence-corrected chi connectivity index (χ4v) is 3.20. The summed E-state index contributed by atoms with van der Waals surface area (Å²) in [5, 5.41) is 5.00. The van der Waals surface area contributed by atoms with Gasteiger partial charge in [0.1, 0.15) is 0 Å². The molecule has 1 atom stereocenters. The summed E-state index contributed by atoms with van der Waals surface area (Å²) < 4.78 is 0. The van der Waals surface area contributed by atoms with Crippen molar-refractivity contribution in [3.8, 4) is 0 Å². The molecule has 2 heterocycles. The summed E-state index contributed by atoms with van der Waals surface area (Å²) in [6.45, 7) is 4.27. The van der Waals surface area contributed by atoms with E-state index in [0.29, 0.717) is 6.04 Å². The number of aryl methyl sites for hydroxylation is 2. The minimum atomic E-state index is 0.378. The number of hydrogen-bond donors (Lipinski definition) is 2. The molecular weight excluding hydrogens is 244 g/mol. The number of benzene rings is 2. The van der Waals surface area contributed by atoms with Crippen LogP contribution >= 0.6 is 0 Å². The van der Waals surface area contributed by atoms with Crippen LogP contribution < -0.4 is 5.32 Å². The van der Waals surface area contributed by atoms with Crippen LogP contribution in [0.2, 0.25) is 0 Å². The van der Waals surface area contributed by atoms with E-state index < -0.39 is 0 Å². The molecule has 0 bridgehead atoms. The van der Waals surface area contributed by atoms with Crippen LogP contribution in [0.15, 0.2) is 42.6 Å². The van der Waals surface area contributed by atoms with Gasteiger partial charge in [0.05, 0.1) is 6.04 Å². The van der Waals surface area contributed by atoms with Gasteiger partial charge in [0, 0.05) is 22.8 Å². The van der Waals surface area contributed by atoms with Crippen LogP contribution in [0.25, 0.3) is 10.9 Å². The lowest BCUT2D eigenvalue weighted by molar-refractivity contribution is 0.832. The van der Waals surface area contributed by atoms with Crippen molar-refractivity contribution in [3.63, 3.8) is 0 Å². The molecule has 4 rings (SSSR count). The van der Waals surface area contributed by atoms with Crippen LogP contribution in [0.4, 0.5) is 5.69 Å². The Morgan fingerprint density at radius 3 is 2.70 bits per heavy atom. The Balaban J connectivity index is 1.75. The summed E-state index contributed by atoms with van der Waals surface area (Å²) in [6.07, 6.45) is 3.22. The van der Waals surface area contributed by atoms with Gasteiger partial charge in [0.15, 0.2) is 0 Å². The van der Waals surface area contributed by atoms with Gasteiger partial charge >= 0.3 is 0 Å². The molecule has 0 spiro atoms. The van der Waals surface area contributed by atoms with Crippen molar-refractivity contribution in [1.29, 1.82) is 0 Å². The smallest absolute Gasteiger partial charge is 0.0576 e. The van der Waals surface area contributed by atoms with Gasteiger partial charge < -0.3 is 10.3 Å². The van der Waals surface area contributed by atoms with E-state index >= 15 is 0 Å². The van der Waals surface area contributed by atoms with Crippen LogP contribution in [0.3, 0.4) is 0 Å². The standard InChI is InChI=1S/C18H18N2/c1-11-3-5-13-9-18(20-16(13)7-11)15-10-19-17-8-12(2)4-6-14(15)17/h3-8,10,18-20H,9H2,1-2H3. The van der Waals surface area contributed by atoms with Crippen LogP contribution in [-0.2, 0) is 6.42 Å². The Hall–Kier alpha value is -2.22. The lowest BCUT2D eigenvalue weighted by Crippen LogP contribution is -2.04. The van der Waals surface area contributed by atoms with Gasteiger partial charge in [-0.1, -0.05) is 24.3 Å². The van der Waals surface area contributed by atoms with E-state index in [1.807, 2.05) is 0 Å². The summed E-state index contributed by atoms with van der Waals surface area (Å²) in [4.78, 5) is 3.40. The van der Waals surface area contributed by atoms with E-state index in [4.69, 9.17) is 0 Å². The Morgan fingerprint density at radius 2 is 1.80 bits per heavy atom. The lowest BCUT2D eigenvalue weighted by atomic mass is 10.0. The van der Waals surface area contributed by atoms with Gasteiger partial charge in [-0.3, -0.25) is 0 Å². The topological polar surface area (TPSA) is 27.8 Å². The average Bonchev–Trinajstić information content (AvgIpc) is 3.00. The SMILES string of the molecule is Cc1ccc2c(c1)NC(c1c[nH]c3cc(C)ccc13)C2. The molecule has 2 aromatic carbocycles. The van der Waals surface area contributed by atoms with Crippen LogP contribution in [0, 0.1) is 13.8 Å². The maximum absolute atomic E-state index is 3.66. The highest BCUT2D eigenvalue weighted by Crippen LogP contribution is 2.37. The largest absolute Gasteiger partial charge is 0.378 e. The molecule has 2 heteroatoms. The molecule has 2 N–H and O–H groups in total. The zero-order valence-electron chi connectivity index (χ0n) is 11.8. The molecule has 0 amide bonds. The third-order valence-electron chi connectivity index (χ3n) is 4.26. The van der Waals surface area contributed by atoms with Gasteiger partial charge in [-0.2, -0.15) is 0 Å². The normalized spacial score (nSPS) is 17.2. The molecule has 20 heavy (non-hydrogen) atoms. The predicted octanol–water partition coefficient (Wildman–Crippen LogP) is 4.49. The average molecular weight is 262 g/mol. The van der Waals surface area contributed by atoms with Gasteiger partial charge in [0.25, 0.3) is 0 Å². The van der Waals surface area contributed by atoms with Crippen LogP contribution in [0.1, 0.15) is 28.3 Å². The molecule has 1 aromatic heterocycles. The highest BCUT2D eigenvalue weighted by molar-refractivity contribution is 5.85. The zero-order valence-corrected chi connectivity index (χ0v) is 11.8. The molecule has 2 nitrogen and oxygen atoms in total. The second-order valence-electron chi connectivity index (χ2n) is 5.85. The number of nitrogens with one attached hydrogen (secondary N) is 2. The first kappa shape index (κ1) is 11.6. The van der Waals surface area contributed by atoms with E-state index in [0.717, 1.165) is 6.42 Å². The lowest BCUT2D eigenvalue weighted by Gasteiger charge is -2.10. The first-order valence-electron chi connectivity index (χ1n) is 7.14. The Bertz CT molecular complexity index is 798. The number of fused-ring (bicyclic) bond motifs is 2. The van der Waals surface area contributed by atoms with E-state index in [2.05, 4.69) is 66.7 Å². The van der Waals surface area contributed by atoms with E-state index in [1.54, 1.807) is 0 Å². The van der Waals surface area contributed by atoms with Crippen molar-refractivity contribution in [1.82, 2.24) is 4.98 Å². The van der Waals surface area contributed by atoms with Gasteiger partial charge in [-0.25, -0.2) is 0 Å². The van der Waals surface area contributed by atoms with Crippen LogP contribution in [0.5, 0.6) is 0 Å². The van der Waals surface area contributed by atoms with Crippen molar-refractivity contribution >= 4 is 16.6 Å². The predicted molar refractivity (Wildman–Crippen MR) is 84.3 cm³/mol. The molecule has 1 aliphatic rings. The second kappa shape index (κ2) is 4.14. The van der Waals surface area contributed by atoms with E-state index in [9.17, 15) is 0 Å². The summed E-state index contributed by atoms with van der Waals surface area (Å²) in [7, 11) is 0. The fourth-order valence-electron chi connectivity index (χ4n) is 3.20. The molecule has 1 unspecified atom stereocenters. The number of hydrogen-bond acceptors (Lipinski definition) is 1. The minimum absolute atomic E-state index is 0.378. The zero-order chi connectivity index (χ0) is 13.7. The van der Waals surface area contributed by atoms with Crippen molar-refractivity contribution in [3.05, 3.63) is 64.8 Å². The first-order valence-corrected chi connectivity index (χ1v) is 7.14. The highest BCUT2D eigenvalue weighted by Gasteiger charge is 2.24. The van der Waals surface area contributed by atoms with Crippen molar-refractivity contribution in [2.75, 3.05) is 5.32 Å². The van der Waals surface area contributed by atoms with Gasteiger partial charge in [-0.15, -0.1) is 0 Å². The Kier molecular flexibility index (Phi) is 2.40. The van der Waals surface area contributed by atoms with Gasteiger partial charge in [0.2, 0.25) is 0 Å². The number of aromatic amines is 1. The number of aromatic nitrogens is 1. The van der Waals surface area contributed by atoms with Crippen LogP contribution in [-0.4, -0.2) is 4.98 Å². The molecule has 0 radical (unpaired) electrons. The van der Waals surface area contributed by atoms with E-state index in [-0.39, 0.29) is 0 Å². The molecule has 1 aliphatic heterocycles. The fraction of sp³-hybridized carbons (Fsp3) is 0.222. The quantitative estimate of drug-likeness (QED) is 0.664. The molecule has 3 aromatic rings. The Morgan fingerprint density at radius 1 is 1.00 bits per heavy atom. The van der Waals surface area contributed by atoms with Crippen molar-refractivity contribution in [2.24, 2.45) is 0 Å². The maximum atomic E-state index is 3.66. The summed E-state index contributed by atoms with van der Waals surface area (Å²) in [5.74, 6) is 0. The minimum Gasteiger partial charge on any atom is -0.378 e. The number of anilines is 1.